The van der Waals surface area contributed by atoms with Crippen molar-refractivity contribution in [3.8, 4) is 5.75 Å². The van der Waals surface area contributed by atoms with Crippen molar-refractivity contribution in [3.05, 3.63) is 28.3 Å². The van der Waals surface area contributed by atoms with Crippen LogP contribution in [-0.4, -0.2) is 29.2 Å². The monoisotopic (exact) mass is 282 g/mol. The minimum Gasteiger partial charge on any atom is -0.496 e. The smallest absolute Gasteiger partial charge is 0.305 e. The SMILES string of the molecule is CCCC(CC(=O)O)Nc1ccc(OC)cc1[N+](=O)[O-]. The van der Waals surface area contributed by atoms with Crippen molar-refractivity contribution in [2.45, 2.75) is 32.2 Å². The van der Waals surface area contributed by atoms with Gasteiger partial charge in [0.05, 0.1) is 24.5 Å². The summed E-state index contributed by atoms with van der Waals surface area (Å²) >= 11 is 0. The summed E-state index contributed by atoms with van der Waals surface area (Å²) in [6, 6.07) is 4.09. The third kappa shape index (κ3) is 4.42. The van der Waals surface area contributed by atoms with Crippen LogP contribution in [0.5, 0.6) is 5.75 Å². The average molecular weight is 282 g/mol. The van der Waals surface area contributed by atoms with E-state index in [0.29, 0.717) is 17.9 Å². The molecule has 1 rings (SSSR count). The molecule has 1 aromatic carbocycles. The van der Waals surface area contributed by atoms with E-state index in [0.717, 1.165) is 6.42 Å². The average Bonchev–Trinajstić information content (AvgIpc) is 2.38. The van der Waals surface area contributed by atoms with Crippen LogP contribution in [0.15, 0.2) is 18.2 Å². The van der Waals surface area contributed by atoms with Gasteiger partial charge >= 0.3 is 5.97 Å². The van der Waals surface area contributed by atoms with E-state index < -0.39 is 10.9 Å². The van der Waals surface area contributed by atoms with Crippen molar-refractivity contribution >= 4 is 17.3 Å². The number of carboxylic acids is 1. The van der Waals surface area contributed by atoms with Gasteiger partial charge in [0.15, 0.2) is 0 Å². The summed E-state index contributed by atoms with van der Waals surface area (Å²) in [4.78, 5) is 21.3. The van der Waals surface area contributed by atoms with Gasteiger partial charge in [-0.2, -0.15) is 0 Å². The third-order valence-corrected chi connectivity index (χ3v) is 2.82. The number of nitrogens with one attached hydrogen (secondary N) is 1. The number of rotatable bonds is 8. The minimum absolute atomic E-state index is 0.0863. The highest BCUT2D eigenvalue weighted by Crippen LogP contribution is 2.30. The van der Waals surface area contributed by atoms with Gasteiger partial charge in [-0.15, -0.1) is 0 Å². The van der Waals surface area contributed by atoms with Crippen LogP contribution in [0.1, 0.15) is 26.2 Å². The molecule has 0 bridgehead atoms. The summed E-state index contributed by atoms with van der Waals surface area (Å²) in [7, 11) is 1.43. The fourth-order valence-electron chi connectivity index (χ4n) is 1.92. The van der Waals surface area contributed by atoms with Crippen LogP contribution in [-0.2, 0) is 4.79 Å². The Hall–Kier alpha value is -2.31. The van der Waals surface area contributed by atoms with Crippen molar-refractivity contribution < 1.29 is 19.6 Å². The zero-order valence-corrected chi connectivity index (χ0v) is 11.5. The molecule has 0 amide bonds. The molecule has 0 heterocycles. The van der Waals surface area contributed by atoms with Crippen molar-refractivity contribution in [3.63, 3.8) is 0 Å². The van der Waals surface area contributed by atoms with E-state index in [9.17, 15) is 14.9 Å². The van der Waals surface area contributed by atoms with Crippen LogP contribution in [0.3, 0.4) is 0 Å². The van der Waals surface area contributed by atoms with Crippen molar-refractivity contribution in [2.75, 3.05) is 12.4 Å². The summed E-state index contributed by atoms with van der Waals surface area (Å²) in [6.07, 6.45) is 1.32. The molecule has 110 valence electrons. The molecule has 0 radical (unpaired) electrons. The predicted molar refractivity (Wildman–Crippen MR) is 74.2 cm³/mol. The normalized spacial score (nSPS) is 11.7. The molecule has 0 aliphatic rings. The maximum Gasteiger partial charge on any atom is 0.305 e. The molecular formula is C13H18N2O5. The van der Waals surface area contributed by atoms with Gasteiger partial charge < -0.3 is 15.2 Å². The first-order valence-electron chi connectivity index (χ1n) is 6.28. The Labute approximate surface area is 116 Å². The van der Waals surface area contributed by atoms with Crippen LogP contribution in [0.25, 0.3) is 0 Å². The lowest BCUT2D eigenvalue weighted by atomic mass is 10.1. The number of ether oxygens (including phenoxy) is 1. The molecule has 0 aliphatic heterocycles. The van der Waals surface area contributed by atoms with Crippen LogP contribution in [0.4, 0.5) is 11.4 Å². The Bertz CT molecular complexity index is 490. The highest BCUT2D eigenvalue weighted by molar-refractivity contribution is 5.70. The summed E-state index contributed by atoms with van der Waals surface area (Å²) < 4.78 is 4.95. The number of carboxylic acid groups (broad SMARTS) is 1. The van der Waals surface area contributed by atoms with E-state index in [2.05, 4.69) is 5.32 Å². The highest BCUT2D eigenvalue weighted by Gasteiger charge is 2.19. The number of carbonyl (C=O) groups is 1. The number of hydrogen-bond donors (Lipinski definition) is 2. The van der Waals surface area contributed by atoms with Crippen LogP contribution >= 0.6 is 0 Å². The number of benzene rings is 1. The van der Waals surface area contributed by atoms with Crippen molar-refractivity contribution in [1.29, 1.82) is 0 Å². The number of nitro groups is 1. The molecule has 1 aromatic rings. The zero-order chi connectivity index (χ0) is 15.1. The fourth-order valence-corrected chi connectivity index (χ4v) is 1.92. The Morgan fingerprint density at radius 1 is 1.55 bits per heavy atom. The molecule has 7 nitrogen and oxygen atoms in total. The van der Waals surface area contributed by atoms with Gasteiger partial charge in [-0.3, -0.25) is 14.9 Å². The van der Waals surface area contributed by atoms with Gasteiger partial charge in [-0.25, -0.2) is 0 Å². The molecule has 7 heteroatoms. The maximum atomic E-state index is 11.0. The Balaban J connectivity index is 2.98. The largest absolute Gasteiger partial charge is 0.496 e. The number of anilines is 1. The fraction of sp³-hybridized carbons (Fsp3) is 0.462. The van der Waals surface area contributed by atoms with E-state index in [1.54, 1.807) is 6.07 Å². The van der Waals surface area contributed by atoms with Gasteiger partial charge in [0.25, 0.3) is 5.69 Å². The van der Waals surface area contributed by atoms with Crippen LogP contribution in [0, 0.1) is 10.1 Å². The Morgan fingerprint density at radius 2 is 2.25 bits per heavy atom. The molecule has 0 saturated heterocycles. The lowest BCUT2D eigenvalue weighted by Gasteiger charge is -2.17. The molecule has 0 spiro atoms. The number of methoxy groups -OCH3 is 1. The number of hydrogen-bond acceptors (Lipinski definition) is 5. The molecule has 0 aliphatic carbocycles. The Morgan fingerprint density at radius 3 is 2.75 bits per heavy atom. The van der Waals surface area contributed by atoms with Gasteiger partial charge in [0.2, 0.25) is 0 Å². The highest BCUT2D eigenvalue weighted by atomic mass is 16.6. The second-order valence-corrected chi connectivity index (χ2v) is 4.37. The van der Waals surface area contributed by atoms with Crippen molar-refractivity contribution in [1.82, 2.24) is 0 Å². The lowest BCUT2D eigenvalue weighted by Crippen LogP contribution is -2.23. The van der Waals surface area contributed by atoms with E-state index in [-0.39, 0.29) is 18.2 Å². The van der Waals surface area contributed by atoms with E-state index >= 15 is 0 Å². The standard InChI is InChI=1S/C13H18N2O5/c1-3-4-9(7-13(16)17)14-11-6-5-10(20-2)8-12(11)15(18)19/h5-6,8-9,14H,3-4,7H2,1-2H3,(H,16,17). The lowest BCUT2D eigenvalue weighted by molar-refractivity contribution is -0.384. The van der Waals surface area contributed by atoms with Gasteiger partial charge in [0, 0.05) is 6.04 Å². The van der Waals surface area contributed by atoms with Crippen LogP contribution in [0.2, 0.25) is 0 Å². The molecule has 2 N–H and O–H groups in total. The quantitative estimate of drug-likeness (QED) is 0.561. The predicted octanol–water partition coefficient (Wildman–Crippen LogP) is 2.66. The third-order valence-electron chi connectivity index (χ3n) is 2.82. The number of nitro benzene ring substituents is 1. The zero-order valence-electron chi connectivity index (χ0n) is 11.5. The topological polar surface area (TPSA) is 102 Å². The molecule has 20 heavy (non-hydrogen) atoms. The second-order valence-electron chi connectivity index (χ2n) is 4.37. The van der Waals surface area contributed by atoms with E-state index in [4.69, 9.17) is 9.84 Å². The first-order chi connectivity index (χ1) is 9.47. The van der Waals surface area contributed by atoms with Gasteiger partial charge in [0.1, 0.15) is 11.4 Å². The molecular weight excluding hydrogens is 264 g/mol. The van der Waals surface area contributed by atoms with Crippen LogP contribution < -0.4 is 10.1 Å². The molecule has 0 aromatic heterocycles. The second kappa shape index (κ2) is 7.32. The van der Waals surface area contributed by atoms with Gasteiger partial charge in [-0.05, 0) is 18.6 Å². The summed E-state index contributed by atoms with van der Waals surface area (Å²) in [5.41, 5.74) is 0.173. The summed E-state index contributed by atoms with van der Waals surface area (Å²) in [5, 5.41) is 22.8. The first kappa shape index (κ1) is 15.7. The van der Waals surface area contributed by atoms with E-state index in [1.165, 1.54) is 19.2 Å². The first-order valence-corrected chi connectivity index (χ1v) is 6.28. The van der Waals surface area contributed by atoms with Crippen molar-refractivity contribution in [2.24, 2.45) is 0 Å². The van der Waals surface area contributed by atoms with Gasteiger partial charge in [-0.1, -0.05) is 13.3 Å². The Kier molecular flexibility index (Phi) is 5.76. The molecule has 1 unspecified atom stereocenters. The summed E-state index contributed by atoms with van der Waals surface area (Å²) in [6.45, 7) is 1.93. The maximum absolute atomic E-state index is 11.0. The number of nitrogens with zero attached hydrogens (tertiary/aromatic N) is 1. The van der Waals surface area contributed by atoms with E-state index in [1.807, 2.05) is 6.92 Å². The summed E-state index contributed by atoms with van der Waals surface area (Å²) in [5.74, 6) is -0.556. The number of aliphatic carboxylic acids is 1. The minimum atomic E-state index is -0.938. The molecule has 1 atom stereocenters. The molecule has 0 fully saturated rings. The molecule has 0 saturated carbocycles.